The number of carbonyl (C=O) groups excluding carboxylic acids is 1. The third-order valence-corrected chi connectivity index (χ3v) is 5.77. The zero-order valence-corrected chi connectivity index (χ0v) is 16.3. The maximum atomic E-state index is 13.0. The molecule has 3 aromatic rings. The van der Waals surface area contributed by atoms with Gasteiger partial charge in [-0.05, 0) is 55.7 Å². The maximum Gasteiger partial charge on any atom is 0.228 e. The summed E-state index contributed by atoms with van der Waals surface area (Å²) >= 11 is 5.94. The molecule has 2 nitrogen and oxygen atoms in total. The number of anilines is 1. The predicted molar refractivity (Wildman–Crippen MR) is 111 cm³/mol. The predicted octanol–water partition coefficient (Wildman–Crippen LogP) is 5.90. The fourth-order valence-corrected chi connectivity index (χ4v) is 3.97. The lowest BCUT2D eigenvalue weighted by molar-refractivity contribution is -0.117. The van der Waals surface area contributed by atoms with Crippen LogP contribution in [0.15, 0.2) is 72.8 Å². The molecule has 27 heavy (non-hydrogen) atoms. The molecule has 1 saturated carbocycles. The van der Waals surface area contributed by atoms with Crippen molar-refractivity contribution in [2.75, 3.05) is 5.32 Å². The van der Waals surface area contributed by atoms with Crippen molar-refractivity contribution in [1.29, 1.82) is 0 Å². The smallest absolute Gasteiger partial charge is 0.228 e. The number of rotatable bonds is 4. The van der Waals surface area contributed by atoms with Gasteiger partial charge in [-0.25, -0.2) is 0 Å². The average molecular weight is 376 g/mol. The Hall–Kier alpha value is -2.58. The summed E-state index contributed by atoms with van der Waals surface area (Å²) < 4.78 is 0. The number of benzene rings is 3. The van der Waals surface area contributed by atoms with Crippen molar-refractivity contribution in [2.24, 2.45) is 5.92 Å². The van der Waals surface area contributed by atoms with E-state index in [0.29, 0.717) is 5.02 Å². The summed E-state index contributed by atoms with van der Waals surface area (Å²) in [6.45, 7) is 4.17. The second kappa shape index (κ2) is 6.86. The van der Waals surface area contributed by atoms with Gasteiger partial charge in [0.25, 0.3) is 0 Å². The molecule has 0 aliphatic heterocycles. The summed E-state index contributed by atoms with van der Waals surface area (Å²) in [5.41, 5.74) is 5.37. The van der Waals surface area contributed by atoms with Gasteiger partial charge in [0.2, 0.25) is 5.91 Å². The van der Waals surface area contributed by atoms with Crippen LogP contribution in [0.25, 0.3) is 0 Å². The van der Waals surface area contributed by atoms with Crippen molar-refractivity contribution in [3.8, 4) is 0 Å². The van der Waals surface area contributed by atoms with Gasteiger partial charge < -0.3 is 5.32 Å². The van der Waals surface area contributed by atoms with E-state index < -0.39 is 0 Å². The zero-order chi connectivity index (χ0) is 19.0. The van der Waals surface area contributed by atoms with Gasteiger partial charge in [-0.1, -0.05) is 71.3 Å². The van der Waals surface area contributed by atoms with E-state index >= 15 is 0 Å². The average Bonchev–Trinajstić information content (AvgIpc) is 3.42. The fourth-order valence-electron chi connectivity index (χ4n) is 3.85. The molecular weight excluding hydrogens is 354 g/mol. The van der Waals surface area contributed by atoms with E-state index in [0.717, 1.165) is 12.1 Å². The standard InChI is InChI=1S/C24H22ClNO/c1-16-3-7-18(8-4-16)24(19-9-5-17(2)6-10-19)15-22(24)23(27)26-21-13-11-20(25)12-14-21/h3-14,22H,15H2,1-2H3,(H,26,27). The van der Waals surface area contributed by atoms with E-state index in [1.165, 1.54) is 22.3 Å². The Bertz CT molecular complexity index is 913. The minimum Gasteiger partial charge on any atom is -0.326 e. The van der Waals surface area contributed by atoms with Crippen LogP contribution in [0.3, 0.4) is 0 Å². The first-order valence-electron chi connectivity index (χ1n) is 9.20. The van der Waals surface area contributed by atoms with Crippen molar-refractivity contribution in [3.63, 3.8) is 0 Å². The van der Waals surface area contributed by atoms with Gasteiger partial charge >= 0.3 is 0 Å². The van der Waals surface area contributed by atoms with Gasteiger partial charge in [-0.15, -0.1) is 0 Å². The molecule has 1 N–H and O–H groups in total. The minimum absolute atomic E-state index is 0.0541. The molecule has 3 heteroatoms. The molecule has 4 rings (SSSR count). The molecule has 1 atom stereocenters. The second-order valence-electron chi connectivity index (χ2n) is 7.46. The van der Waals surface area contributed by atoms with Crippen LogP contribution in [-0.2, 0) is 10.2 Å². The summed E-state index contributed by atoms with van der Waals surface area (Å²) in [4.78, 5) is 13.0. The van der Waals surface area contributed by atoms with E-state index in [-0.39, 0.29) is 17.2 Å². The van der Waals surface area contributed by atoms with Gasteiger partial charge in [0.15, 0.2) is 0 Å². The number of halogens is 1. The summed E-state index contributed by atoms with van der Waals surface area (Å²) in [5.74, 6) is -0.0305. The third kappa shape index (κ3) is 3.38. The van der Waals surface area contributed by atoms with Crippen LogP contribution >= 0.6 is 11.6 Å². The van der Waals surface area contributed by atoms with Gasteiger partial charge in [0.1, 0.15) is 0 Å². The molecule has 1 fully saturated rings. The Morgan fingerprint density at radius 1 is 0.852 bits per heavy atom. The second-order valence-corrected chi connectivity index (χ2v) is 7.89. The van der Waals surface area contributed by atoms with Crippen molar-refractivity contribution >= 4 is 23.2 Å². The van der Waals surface area contributed by atoms with Gasteiger partial charge in [0, 0.05) is 16.1 Å². The molecule has 1 aliphatic carbocycles. The quantitative estimate of drug-likeness (QED) is 0.604. The van der Waals surface area contributed by atoms with Crippen LogP contribution in [0, 0.1) is 19.8 Å². The minimum atomic E-state index is -0.252. The van der Waals surface area contributed by atoms with Crippen LogP contribution in [0.1, 0.15) is 28.7 Å². The lowest BCUT2D eigenvalue weighted by Gasteiger charge is -2.19. The Balaban J connectivity index is 1.66. The molecule has 3 aromatic carbocycles. The first-order valence-corrected chi connectivity index (χ1v) is 9.57. The summed E-state index contributed by atoms with van der Waals surface area (Å²) in [7, 11) is 0. The molecule has 0 saturated heterocycles. The summed E-state index contributed by atoms with van der Waals surface area (Å²) in [5, 5.41) is 3.71. The maximum absolute atomic E-state index is 13.0. The summed E-state index contributed by atoms with van der Waals surface area (Å²) in [6.07, 6.45) is 0.818. The highest BCUT2D eigenvalue weighted by molar-refractivity contribution is 6.30. The highest BCUT2D eigenvalue weighted by Gasteiger charge is 2.60. The lowest BCUT2D eigenvalue weighted by Crippen LogP contribution is -2.22. The topological polar surface area (TPSA) is 29.1 Å². The number of nitrogens with one attached hydrogen (secondary N) is 1. The number of hydrogen-bond acceptors (Lipinski definition) is 1. The Kier molecular flexibility index (Phi) is 4.53. The van der Waals surface area contributed by atoms with Crippen LogP contribution < -0.4 is 5.32 Å². The van der Waals surface area contributed by atoms with Crippen molar-refractivity contribution in [1.82, 2.24) is 0 Å². The molecule has 0 spiro atoms. The number of aryl methyl sites for hydroxylation is 2. The molecule has 0 heterocycles. The van der Waals surface area contributed by atoms with Crippen molar-refractivity contribution < 1.29 is 4.79 Å². The zero-order valence-electron chi connectivity index (χ0n) is 15.5. The highest BCUT2D eigenvalue weighted by Crippen LogP contribution is 2.59. The Morgan fingerprint density at radius 2 is 1.33 bits per heavy atom. The molecule has 1 amide bonds. The van der Waals surface area contributed by atoms with Crippen LogP contribution in [0.5, 0.6) is 0 Å². The first-order chi connectivity index (χ1) is 13.0. The molecule has 0 radical (unpaired) electrons. The van der Waals surface area contributed by atoms with Crippen molar-refractivity contribution in [3.05, 3.63) is 100 Å². The number of carbonyl (C=O) groups is 1. The van der Waals surface area contributed by atoms with Crippen LogP contribution in [0.2, 0.25) is 5.02 Å². The molecular formula is C24H22ClNO. The number of hydrogen-bond donors (Lipinski definition) is 1. The Labute approximate surface area is 165 Å². The first kappa shape index (κ1) is 17.8. The van der Waals surface area contributed by atoms with E-state index in [4.69, 9.17) is 11.6 Å². The van der Waals surface area contributed by atoms with E-state index in [1.807, 2.05) is 12.1 Å². The third-order valence-electron chi connectivity index (χ3n) is 5.52. The van der Waals surface area contributed by atoms with Crippen LogP contribution in [-0.4, -0.2) is 5.91 Å². The normalized spacial score (nSPS) is 17.4. The Morgan fingerprint density at radius 3 is 1.81 bits per heavy atom. The molecule has 1 unspecified atom stereocenters. The molecule has 136 valence electrons. The summed E-state index contributed by atoms with van der Waals surface area (Å²) in [6, 6.07) is 24.4. The van der Waals surface area contributed by atoms with E-state index in [2.05, 4.69) is 67.7 Å². The van der Waals surface area contributed by atoms with Crippen LogP contribution in [0.4, 0.5) is 5.69 Å². The molecule has 0 bridgehead atoms. The van der Waals surface area contributed by atoms with Crippen molar-refractivity contribution in [2.45, 2.75) is 25.7 Å². The monoisotopic (exact) mass is 375 g/mol. The molecule has 0 aromatic heterocycles. The van der Waals surface area contributed by atoms with Gasteiger partial charge in [0.05, 0.1) is 5.92 Å². The molecule has 1 aliphatic rings. The van der Waals surface area contributed by atoms with Gasteiger partial charge in [-0.3, -0.25) is 4.79 Å². The highest BCUT2D eigenvalue weighted by atomic mass is 35.5. The SMILES string of the molecule is Cc1ccc(C2(c3ccc(C)cc3)CC2C(=O)Nc2ccc(Cl)cc2)cc1. The van der Waals surface area contributed by atoms with E-state index in [1.54, 1.807) is 12.1 Å². The lowest BCUT2D eigenvalue weighted by atomic mass is 9.85. The van der Waals surface area contributed by atoms with Gasteiger partial charge in [-0.2, -0.15) is 0 Å². The number of amides is 1. The largest absolute Gasteiger partial charge is 0.326 e. The fraction of sp³-hybridized carbons (Fsp3) is 0.208. The van der Waals surface area contributed by atoms with E-state index in [9.17, 15) is 4.79 Å².